The Morgan fingerprint density at radius 3 is 1.83 bits per heavy atom. The Kier molecular flexibility index (Phi) is 3.49. The molecular formula is C5H5F5OS. The van der Waals surface area contributed by atoms with E-state index in [0.29, 0.717) is 0 Å². The van der Waals surface area contributed by atoms with E-state index in [9.17, 15) is 26.7 Å². The first-order valence-electron chi connectivity index (χ1n) is 2.83. The maximum atomic E-state index is 12.0. The van der Waals surface area contributed by atoms with E-state index in [2.05, 4.69) is 12.6 Å². The van der Waals surface area contributed by atoms with Crippen LogP contribution in [0.3, 0.4) is 0 Å². The quantitative estimate of drug-likeness (QED) is 0.556. The lowest BCUT2D eigenvalue weighted by atomic mass is 10.2. The summed E-state index contributed by atoms with van der Waals surface area (Å²) in [6, 6.07) is 0. The van der Waals surface area contributed by atoms with Crippen LogP contribution in [0.2, 0.25) is 0 Å². The zero-order valence-electron chi connectivity index (χ0n) is 5.66. The van der Waals surface area contributed by atoms with Gasteiger partial charge in [0.05, 0.1) is 0 Å². The molecule has 72 valence electrons. The molecule has 0 saturated carbocycles. The number of carbonyl (C=O) groups excluding carboxylic acids is 1. The van der Waals surface area contributed by atoms with Gasteiger partial charge in [-0.1, -0.05) is 0 Å². The van der Waals surface area contributed by atoms with Crippen LogP contribution >= 0.6 is 12.6 Å². The van der Waals surface area contributed by atoms with Gasteiger partial charge in [-0.15, -0.1) is 12.6 Å². The number of carbonyl (C=O) groups is 1. The molecule has 0 atom stereocenters. The molecule has 0 aliphatic carbocycles. The molecule has 0 aromatic rings. The summed E-state index contributed by atoms with van der Waals surface area (Å²) in [7, 11) is 0. The van der Waals surface area contributed by atoms with Crippen molar-refractivity contribution in [2.75, 3.05) is 0 Å². The number of hydrogen-bond acceptors (Lipinski definition) is 1. The minimum Gasteiger partial charge on any atom is -0.288 e. The summed E-state index contributed by atoms with van der Waals surface area (Å²) >= 11 is 3.07. The molecule has 0 bridgehead atoms. The number of rotatable bonds is 3. The van der Waals surface area contributed by atoms with E-state index in [1.807, 2.05) is 0 Å². The second-order valence-electron chi connectivity index (χ2n) is 2.10. The fourth-order valence-corrected chi connectivity index (χ4v) is 0.517. The SMILES string of the molecule is O=C(S)CCC(F)(F)C(F)(F)F. The molecule has 0 rings (SSSR count). The lowest BCUT2D eigenvalue weighted by Crippen LogP contribution is -2.36. The first kappa shape index (κ1) is 11.7. The highest BCUT2D eigenvalue weighted by molar-refractivity contribution is 7.96. The highest BCUT2D eigenvalue weighted by Crippen LogP contribution is 2.38. The molecule has 0 saturated heterocycles. The van der Waals surface area contributed by atoms with Gasteiger partial charge in [0.2, 0.25) is 0 Å². The van der Waals surface area contributed by atoms with E-state index >= 15 is 0 Å². The van der Waals surface area contributed by atoms with E-state index in [0.717, 1.165) is 0 Å². The second-order valence-corrected chi connectivity index (χ2v) is 2.59. The van der Waals surface area contributed by atoms with Gasteiger partial charge in [0.15, 0.2) is 5.12 Å². The van der Waals surface area contributed by atoms with Crippen LogP contribution in [-0.4, -0.2) is 17.2 Å². The molecule has 0 radical (unpaired) electrons. The van der Waals surface area contributed by atoms with Crippen molar-refractivity contribution < 1.29 is 26.7 Å². The number of halogens is 5. The molecule has 0 spiro atoms. The van der Waals surface area contributed by atoms with Crippen LogP contribution in [0.25, 0.3) is 0 Å². The topological polar surface area (TPSA) is 17.1 Å². The Morgan fingerprint density at radius 2 is 1.58 bits per heavy atom. The summed E-state index contributed by atoms with van der Waals surface area (Å²) in [6.07, 6.45) is -8.02. The van der Waals surface area contributed by atoms with Gasteiger partial charge in [-0.05, 0) is 0 Å². The molecule has 0 N–H and O–H groups in total. The third-order valence-electron chi connectivity index (χ3n) is 1.07. The Morgan fingerprint density at radius 1 is 1.17 bits per heavy atom. The molecule has 0 aliphatic heterocycles. The molecule has 0 aromatic carbocycles. The second kappa shape index (κ2) is 3.59. The fourth-order valence-electron chi connectivity index (χ4n) is 0.406. The van der Waals surface area contributed by atoms with Crippen LogP contribution in [0.4, 0.5) is 22.0 Å². The normalized spacial score (nSPS) is 13.2. The Bertz CT molecular complexity index is 175. The maximum Gasteiger partial charge on any atom is 0.453 e. The van der Waals surface area contributed by atoms with Crippen LogP contribution in [0.1, 0.15) is 12.8 Å². The Hall–Kier alpha value is -0.330. The molecule has 0 fully saturated rings. The average Bonchev–Trinajstić information content (AvgIpc) is 1.81. The van der Waals surface area contributed by atoms with Gasteiger partial charge in [-0.2, -0.15) is 22.0 Å². The van der Waals surface area contributed by atoms with Gasteiger partial charge < -0.3 is 0 Å². The van der Waals surface area contributed by atoms with E-state index in [4.69, 9.17) is 0 Å². The summed E-state index contributed by atoms with van der Waals surface area (Å²) < 4.78 is 58.2. The van der Waals surface area contributed by atoms with Crippen molar-refractivity contribution in [1.29, 1.82) is 0 Å². The van der Waals surface area contributed by atoms with Gasteiger partial charge >= 0.3 is 12.1 Å². The molecule has 7 heteroatoms. The molecule has 0 aliphatic rings. The molecule has 0 aromatic heterocycles. The summed E-state index contributed by atoms with van der Waals surface area (Å²) in [5.41, 5.74) is 0. The van der Waals surface area contributed by atoms with Crippen molar-refractivity contribution in [3.8, 4) is 0 Å². The minimum atomic E-state index is -5.59. The van der Waals surface area contributed by atoms with E-state index in [-0.39, 0.29) is 0 Å². The highest BCUT2D eigenvalue weighted by Gasteiger charge is 2.56. The average molecular weight is 208 g/mol. The fraction of sp³-hybridized carbons (Fsp3) is 0.800. The monoisotopic (exact) mass is 208 g/mol. The van der Waals surface area contributed by atoms with Gasteiger partial charge in [0, 0.05) is 12.8 Å². The predicted octanol–water partition coefficient (Wildman–Crippen LogP) is 2.42. The van der Waals surface area contributed by atoms with Crippen molar-refractivity contribution in [3.05, 3.63) is 0 Å². The third kappa shape index (κ3) is 3.38. The van der Waals surface area contributed by atoms with Crippen LogP contribution in [0, 0.1) is 0 Å². The van der Waals surface area contributed by atoms with E-state index in [1.165, 1.54) is 0 Å². The summed E-state index contributed by atoms with van der Waals surface area (Å²) in [5.74, 6) is -4.80. The van der Waals surface area contributed by atoms with Crippen LogP contribution in [-0.2, 0) is 4.79 Å². The summed E-state index contributed by atoms with van der Waals surface area (Å²) in [5, 5.41) is -0.987. The maximum absolute atomic E-state index is 12.0. The van der Waals surface area contributed by atoms with Gasteiger partial charge in [-0.25, -0.2) is 0 Å². The molecule has 0 heterocycles. The van der Waals surface area contributed by atoms with E-state index < -0.39 is 30.1 Å². The smallest absolute Gasteiger partial charge is 0.288 e. The zero-order valence-corrected chi connectivity index (χ0v) is 6.55. The molecule has 0 unspecified atom stereocenters. The molecular weight excluding hydrogens is 203 g/mol. The summed E-state index contributed by atoms with van der Waals surface area (Å²) in [6.45, 7) is 0. The third-order valence-corrected chi connectivity index (χ3v) is 1.29. The van der Waals surface area contributed by atoms with Gasteiger partial charge in [0.1, 0.15) is 0 Å². The first-order chi connectivity index (χ1) is 5.17. The first-order valence-corrected chi connectivity index (χ1v) is 3.28. The molecule has 12 heavy (non-hydrogen) atoms. The predicted molar refractivity (Wildman–Crippen MR) is 34.2 cm³/mol. The van der Waals surface area contributed by atoms with Gasteiger partial charge in [0.25, 0.3) is 0 Å². The lowest BCUT2D eigenvalue weighted by Gasteiger charge is -2.18. The van der Waals surface area contributed by atoms with Crippen LogP contribution < -0.4 is 0 Å². The van der Waals surface area contributed by atoms with Crippen molar-refractivity contribution in [3.63, 3.8) is 0 Å². The Balaban J connectivity index is 4.14. The van der Waals surface area contributed by atoms with E-state index in [1.54, 1.807) is 0 Å². The highest BCUT2D eigenvalue weighted by atomic mass is 32.1. The zero-order chi connectivity index (χ0) is 9.99. The lowest BCUT2D eigenvalue weighted by molar-refractivity contribution is -0.283. The van der Waals surface area contributed by atoms with Crippen molar-refractivity contribution in [2.24, 2.45) is 0 Å². The van der Waals surface area contributed by atoms with Crippen LogP contribution in [0.15, 0.2) is 0 Å². The minimum absolute atomic E-state index is 0.893. The van der Waals surface area contributed by atoms with Gasteiger partial charge in [-0.3, -0.25) is 4.79 Å². The Labute approximate surface area is 70.3 Å². The largest absolute Gasteiger partial charge is 0.453 e. The van der Waals surface area contributed by atoms with Crippen LogP contribution in [0.5, 0.6) is 0 Å². The van der Waals surface area contributed by atoms with Crippen molar-refractivity contribution in [1.82, 2.24) is 0 Å². The molecule has 0 amide bonds. The van der Waals surface area contributed by atoms with Crippen molar-refractivity contribution in [2.45, 2.75) is 24.9 Å². The standard InChI is InChI=1S/C5H5F5OS/c6-4(7,5(8,9)10)2-1-3(11)12/h1-2H2,(H,11,12). The molecule has 1 nitrogen and oxygen atoms in total. The number of thiol groups is 1. The summed E-state index contributed by atoms with van der Waals surface area (Å²) in [4.78, 5) is 9.98. The number of alkyl halides is 5. The van der Waals surface area contributed by atoms with Crippen molar-refractivity contribution >= 4 is 17.7 Å². The number of hydrogen-bond donors (Lipinski definition) is 1.